The van der Waals surface area contributed by atoms with Crippen LogP contribution in [-0.2, 0) is 0 Å². The van der Waals surface area contributed by atoms with Crippen LogP contribution in [0.5, 0.6) is 0 Å². The first kappa shape index (κ1) is 11.5. The maximum atomic E-state index is 5.68. The maximum absolute atomic E-state index is 5.68. The molecular weight excluding hydrogens is 276 g/mol. The summed E-state index contributed by atoms with van der Waals surface area (Å²) in [4.78, 5) is 6.87. The van der Waals surface area contributed by atoms with Crippen molar-refractivity contribution < 1.29 is 4.42 Å². The molecule has 5 heteroatoms. The van der Waals surface area contributed by atoms with Gasteiger partial charge in [-0.15, -0.1) is 11.8 Å². The third kappa shape index (κ3) is 1.65. The van der Waals surface area contributed by atoms with Gasteiger partial charge in [0.15, 0.2) is 5.17 Å². The van der Waals surface area contributed by atoms with Crippen molar-refractivity contribution in [3.63, 3.8) is 0 Å². The lowest BCUT2D eigenvalue weighted by Gasteiger charge is -2.17. The maximum Gasteiger partial charge on any atom is 0.169 e. The Hall–Kier alpha value is -1.33. The van der Waals surface area contributed by atoms with Gasteiger partial charge in [-0.25, -0.2) is 0 Å². The Kier molecular flexibility index (Phi) is 2.63. The van der Waals surface area contributed by atoms with Gasteiger partial charge in [0.25, 0.3) is 0 Å². The lowest BCUT2D eigenvalue weighted by atomic mass is 10.1. The summed E-state index contributed by atoms with van der Waals surface area (Å²) in [6.07, 6.45) is 3.88. The number of benzene rings is 1. The smallest absolute Gasteiger partial charge is 0.169 e. The second kappa shape index (κ2) is 4.35. The number of rotatable bonds is 2. The molecule has 96 valence electrons. The summed E-state index contributed by atoms with van der Waals surface area (Å²) in [5.41, 5.74) is 3.40. The highest BCUT2D eigenvalue weighted by Crippen LogP contribution is 2.47. The first-order valence-electron chi connectivity index (χ1n) is 6.13. The zero-order valence-electron chi connectivity index (χ0n) is 10.4. The second-order valence-electron chi connectivity index (χ2n) is 4.40. The summed E-state index contributed by atoms with van der Waals surface area (Å²) in [5.74, 6) is 0. The minimum absolute atomic E-state index is 0.891. The van der Waals surface area contributed by atoms with E-state index in [1.807, 2.05) is 6.07 Å². The van der Waals surface area contributed by atoms with Crippen LogP contribution in [0.25, 0.3) is 16.7 Å². The molecule has 19 heavy (non-hydrogen) atoms. The Balaban J connectivity index is 1.95. The number of nitrogens with zero attached hydrogens (tertiary/aromatic N) is 2. The number of hydrogen-bond donors (Lipinski definition) is 0. The van der Waals surface area contributed by atoms with Crippen molar-refractivity contribution in [2.45, 2.75) is 0 Å². The number of para-hydroxylation sites is 1. The van der Waals surface area contributed by atoms with Gasteiger partial charge in [-0.1, -0.05) is 12.1 Å². The van der Waals surface area contributed by atoms with Gasteiger partial charge >= 0.3 is 0 Å². The predicted octanol–water partition coefficient (Wildman–Crippen LogP) is 3.84. The normalized spacial score (nSPS) is 18.4. The van der Waals surface area contributed by atoms with E-state index in [2.05, 4.69) is 34.3 Å². The second-order valence-corrected chi connectivity index (χ2v) is 6.46. The van der Waals surface area contributed by atoms with Crippen molar-refractivity contribution in [3.8, 4) is 0 Å². The van der Waals surface area contributed by atoms with E-state index >= 15 is 0 Å². The van der Waals surface area contributed by atoms with E-state index in [1.165, 1.54) is 15.5 Å². The molecule has 1 aromatic heterocycles. The van der Waals surface area contributed by atoms with E-state index in [1.54, 1.807) is 29.8 Å². The number of aliphatic imine (C=N–C) groups is 1. The third-order valence-corrected chi connectivity index (χ3v) is 5.59. The van der Waals surface area contributed by atoms with Gasteiger partial charge in [0, 0.05) is 17.5 Å². The summed E-state index contributed by atoms with van der Waals surface area (Å²) >= 11 is 3.55. The van der Waals surface area contributed by atoms with Crippen LogP contribution in [0.1, 0.15) is 5.56 Å². The summed E-state index contributed by atoms with van der Waals surface area (Å²) in [6.45, 7) is 1.86. The van der Waals surface area contributed by atoms with Gasteiger partial charge in [-0.2, -0.15) is 0 Å². The molecular formula is C14H12N2OS2. The molecule has 0 saturated carbocycles. The lowest BCUT2D eigenvalue weighted by molar-refractivity contribution is 0.608. The zero-order chi connectivity index (χ0) is 12.8. The molecule has 2 aliphatic rings. The number of thioether (sulfide) groups is 2. The molecule has 0 bridgehead atoms. The van der Waals surface area contributed by atoms with Gasteiger partial charge in [0.1, 0.15) is 5.58 Å². The van der Waals surface area contributed by atoms with E-state index in [-0.39, 0.29) is 0 Å². The monoisotopic (exact) mass is 288 g/mol. The van der Waals surface area contributed by atoms with Crippen LogP contribution < -0.4 is 0 Å². The Labute approximate surface area is 119 Å². The number of hydrogen-bond acceptors (Lipinski definition) is 5. The SMILES string of the molecule is CSC1=C(c2cccc3ccoc23)N2CCN=C2S1. The van der Waals surface area contributed by atoms with Crippen molar-refractivity contribution in [1.82, 2.24) is 4.90 Å². The van der Waals surface area contributed by atoms with Gasteiger partial charge in [-0.3, -0.25) is 4.99 Å². The summed E-state index contributed by atoms with van der Waals surface area (Å²) < 4.78 is 6.99. The average molecular weight is 288 g/mol. The highest BCUT2D eigenvalue weighted by molar-refractivity contribution is 8.30. The van der Waals surface area contributed by atoms with Gasteiger partial charge in [0.05, 0.1) is 22.7 Å². The topological polar surface area (TPSA) is 28.7 Å². The zero-order valence-corrected chi connectivity index (χ0v) is 12.1. The fraction of sp³-hybridized carbons (Fsp3) is 0.214. The largest absolute Gasteiger partial charge is 0.464 e. The molecule has 2 aromatic rings. The van der Waals surface area contributed by atoms with E-state index in [0.717, 1.165) is 29.2 Å². The fourth-order valence-corrected chi connectivity index (χ4v) is 4.44. The molecule has 2 aliphatic heterocycles. The van der Waals surface area contributed by atoms with Crippen molar-refractivity contribution in [2.24, 2.45) is 4.99 Å². The van der Waals surface area contributed by atoms with Crippen molar-refractivity contribution in [2.75, 3.05) is 19.3 Å². The fourth-order valence-electron chi connectivity index (χ4n) is 2.54. The van der Waals surface area contributed by atoms with Crippen LogP contribution in [0.15, 0.2) is 44.2 Å². The third-order valence-electron chi connectivity index (χ3n) is 3.37. The molecule has 0 fully saturated rings. The van der Waals surface area contributed by atoms with Crippen molar-refractivity contribution in [3.05, 3.63) is 40.3 Å². The molecule has 0 aliphatic carbocycles. The molecule has 3 nitrogen and oxygen atoms in total. The molecule has 3 heterocycles. The molecule has 0 radical (unpaired) electrons. The molecule has 1 aromatic carbocycles. The minimum atomic E-state index is 0.891. The van der Waals surface area contributed by atoms with Crippen LogP contribution in [0.3, 0.4) is 0 Å². The summed E-state index contributed by atoms with van der Waals surface area (Å²) in [6, 6.07) is 8.33. The first-order valence-corrected chi connectivity index (χ1v) is 8.17. The Bertz CT molecular complexity index is 717. The molecule has 0 amide bonds. The summed E-state index contributed by atoms with van der Waals surface area (Å²) in [5, 5.41) is 2.28. The molecule has 0 N–H and O–H groups in total. The van der Waals surface area contributed by atoms with Crippen molar-refractivity contribution >= 4 is 45.4 Å². The summed E-state index contributed by atoms with van der Waals surface area (Å²) in [7, 11) is 0. The molecule has 0 saturated heterocycles. The van der Waals surface area contributed by atoms with E-state index in [0.29, 0.717) is 0 Å². The molecule has 4 rings (SSSR count). The lowest BCUT2D eigenvalue weighted by Crippen LogP contribution is -2.20. The van der Waals surface area contributed by atoms with Gasteiger partial charge in [0.2, 0.25) is 0 Å². The van der Waals surface area contributed by atoms with Crippen molar-refractivity contribution in [1.29, 1.82) is 0 Å². The Morgan fingerprint density at radius 1 is 1.37 bits per heavy atom. The Morgan fingerprint density at radius 3 is 3.21 bits per heavy atom. The van der Waals surface area contributed by atoms with Gasteiger partial charge < -0.3 is 9.32 Å². The quantitative estimate of drug-likeness (QED) is 0.839. The van der Waals surface area contributed by atoms with E-state index in [9.17, 15) is 0 Å². The molecule has 0 spiro atoms. The highest BCUT2D eigenvalue weighted by atomic mass is 32.2. The van der Waals surface area contributed by atoms with E-state index in [4.69, 9.17) is 4.42 Å². The molecule has 0 atom stereocenters. The van der Waals surface area contributed by atoms with Crippen LogP contribution in [0.2, 0.25) is 0 Å². The van der Waals surface area contributed by atoms with Gasteiger partial charge in [-0.05, 0) is 30.2 Å². The predicted molar refractivity (Wildman–Crippen MR) is 83.2 cm³/mol. The van der Waals surface area contributed by atoms with Crippen LogP contribution in [0, 0.1) is 0 Å². The number of fused-ring (bicyclic) bond motifs is 2. The highest BCUT2D eigenvalue weighted by Gasteiger charge is 2.33. The average Bonchev–Trinajstić information content (AvgIpc) is 3.12. The standard InChI is InChI=1S/C14H12N2OS2/c1-18-13-11(16-7-6-15-14(16)19-13)10-4-2-3-9-5-8-17-12(9)10/h2-5,8H,6-7H2,1H3. The molecule has 0 unspecified atom stereocenters. The number of furan rings is 1. The Morgan fingerprint density at radius 2 is 2.32 bits per heavy atom. The van der Waals surface area contributed by atoms with Crippen LogP contribution in [-0.4, -0.2) is 29.4 Å². The minimum Gasteiger partial charge on any atom is -0.464 e. The number of amidine groups is 1. The van der Waals surface area contributed by atoms with Crippen LogP contribution in [0.4, 0.5) is 0 Å². The first-order chi connectivity index (χ1) is 9.38. The van der Waals surface area contributed by atoms with Crippen LogP contribution >= 0.6 is 23.5 Å². The van der Waals surface area contributed by atoms with E-state index < -0.39 is 0 Å².